The zero-order chi connectivity index (χ0) is 13.7. The molecule has 2 aromatic rings. The summed E-state index contributed by atoms with van der Waals surface area (Å²) in [5.41, 5.74) is 0. The minimum Gasteiger partial charge on any atom is -0.370 e. The van der Waals surface area contributed by atoms with Crippen LogP contribution < -0.4 is 5.32 Å². The van der Waals surface area contributed by atoms with Gasteiger partial charge in [0.1, 0.15) is 17.3 Å². The van der Waals surface area contributed by atoms with Crippen LogP contribution in [0.4, 0.5) is 5.82 Å². The summed E-state index contributed by atoms with van der Waals surface area (Å²) in [6.07, 6.45) is 6.42. The van der Waals surface area contributed by atoms with E-state index in [2.05, 4.69) is 34.2 Å². The molecule has 0 aliphatic rings. The Hall–Kier alpha value is -1.36. The first kappa shape index (κ1) is 14.1. The summed E-state index contributed by atoms with van der Waals surface area (Å²) in [7, 11) is 0. The highest BCUT2D eigenvalue weighted by Crippen LogP contribution is 2.17. The Morgan fingerprint density at radius 2 is 2.26 bits per heavy atom. The van der Waals surface area contributed by atoms with E-state index in [1.165, 1.54) is 32.0 Å². The molecule has 0 aliphatic heterocycles. The number of halogens is 1. The largest absolute Gasteiger partial charge is 0.370 e. The zero-order valence-corrected chi connectivity index (χ0v) is 12.2. The van der Waals surface area contributed by atoms with Gasteiger partial charge in [-0.3, -0.25) is 0 Å². The van der Waals surface area contributed by atoms with Gasteiger partial charge in [0.2, 0.25) is 0 Å². The molecule has 19 heavy (non-hydrogen) atoms. The molecular weight excluding hydrogens is 262 g/mol. The second-order valence-corrected chi connectivity index (χ2v) is 5.12. The quantitative estimate of drug-likeness (QED) is 0.790. The van der Waals surface area contributed by atoms with Crippen molar-refractivity contribution in [3.05, 3.63) is 17.5 Å². The van der Waals surface area contributed by atoms with Crippen molar-refractivity contribution in [3.63, 3.8) is 0 Å². The topological polar surface area (TPSA) is 55.1 Å². The number of fused-ring (bicyclic) bond motifs is 1. The second-order valence-electron chi connectivity index (χ2n) is 4.73. The van der Waals surface area contributed by atoms with Gasteiger partial charge in [-0.1, -0.05) is 44.7 Å². The van der Waals surface area contributed by atoms with Gasteiger partial charge in [-0.05, 0) is 12.3 Å². The van der Waals surface area contributed by atoms with Gasteiger partial charge in [-0.15, -0.1) is 0 Å². The normalized spacial score (nSPS) is 12.8. The van der Waals surface area contributed by atoms with E-state index < -0.39 is 0 Å². The van der Waals surface area contributed by atoms with E-state index in [1.807, 2.05) is 0 Å². The Kier molecular flexibility index (Phi) is 4.96. The third-order valence-corrected chi connectivity index (χ3v) is 3.53. The predicted molar refractivity (Wildman–Crippen MR) is 77.6 cm³/mol. The molecule has 2 heterocycles. The van der Waals surface area contributed by atoms with E-state index in [0.29, 0.717) is 16.8 Å². The maximum atomic E-state index is 5.98. The molecule has 0 fully saturated rings. The molecule has 1 atom stereocenters. The minimum absolute atomic E-state index is 0.435. The predicted octanol–water partition coefficient (Wildman–Crippen LogP) is 3.41. The van der Waals surface area contributed by atoms with Crippen LogP contribution in [-0.4, -0.2) is 26.1 Å². The lowest BCUT2D eigenvalue weighted by Crippen LogP contribution is -2.16. The van der Waals surface area contributed by atoms with Gasteiger partial charge in [0.05, 0.1) is 0 Å². The molecule has 104 valence electrons. The molecule has 2 rings (SSSR count). The van der Waals surface area contributed by atoms with Crippen LogP contribution in [0.15, 0.2) is 12.4 Å². The lowest BCUT2D eigenvalue weighted by molar-refractivity contribution is 0.472. The van der Waals surface area contributed by atoms with Crippen molar-refractivity contribution in [2.24, 2.45) is 5.92 Å². The number of rotatable bonds is 7. The van der Waals surface area contributed by atoms with Crippen LogP contribution in [0.2, 0.25) is 5.15 Å². The van der Waals surface area contributed by atoms with Gasteiger partial charge in [-0.25, -0.2) is 0 Å². The molecule has 0 amide bonds. The zero-order valence-electron chi connectivity index (χ0n) is 11.4. The summed E-state index contributed by atoms with van der Waals surface area (Å²) in [6, 6.07) is 1.79. The summed E-state index contributed by atoms with van der Waals surface area (Å²) < 4.78 is 1.68. The standard InChI is InChI=1S/C13H20ClN5/c1-3-5-6-10(4-2)8-15-12-7-11(14)18-13-16-9-17-19(12)13/h7,9-10,15H,3-6,8H2,1-2H3. The van der Waals surface area contributed by atoms with E-state index in [-0.39, 0.29) is 0 Å². The fraction of sp³-hybridized carbons (Fsp3) is 0.615. The Morgan fingerprint density at radius 1 is 1.42 bits per heavy atom. The highest BCUT2D eigenvalue weighted by molar-refractivity contribution is 6.29. The van der Waals surface area contributed by atoms with Crippen LogP contribution in [-0.2, 0) is 0 Å². The number of unbranched alkanes of at least 4 members (excludes halogenated alkanes) is 1. The molecule has 0 saturated heterocycles. The lowest BCUT2D eigenvalue weighted by Gasteiger charge is -2.16. The molecule has 1 unspecified atom stereocenters. The summed E-state index contributed by atoms with van der Waals surface area (Å²) in [4.78, 5) is 8.16. The van der Waals surface area contributed by atoms with Crippen molar-refractivity contribution in [1.29, 1.82) is 0 Å². The smallest absolute Gasteiger partial charge is 0.255 e. The van der Waals surface area contributed by atoms with E-state index in [4.69, 9.17) is 11.6 Å². The van der Waals surface area contributed by atoms with Gasteiger partial charge in [-0.2, -0.15) is 19.6 Å². The molecular formula is C13H20ClN5. The molecule has 2 aromatic heterocycles. The fourth-order valence-electron chi connectivity index (χ4n) is 2.10. The molecule has 1 N–H and O–H groups in total. The summed E-state index contributed by atoms with van der Waals surface area (Å²) in [5.74, 6) is 2.05. The van der Waals surface area contributed by atoms with Crippen LogP contribution in [0.1, 0.15) is 39.5 Å². The first-order valence-corrected chi connectivity index (χ1v) is 7.22. The molecule has 0 spiro atoms. The van der Waals surface area contributed by atoms with Gasteiger partial charge in [0.25, 0.3) is 5.78 Å². The Balaban J connectivity index is 2.06. The average molecular weight is 282 g/mol. The van der Waals surface area contributed by atoms with E-state index in [0.717, 1.165) is 12.4 Å². The van der Waals surface area contributed by atoms with Gasteiger partial charge in [0.15, 0.2) is 0 Å². The van der Waals surface area contributed by atoms with Crippen LogP contribution in [0, 0.1) is 5.92 Å². The van der Waals surface area contributed by atoms with Crippen molar-refractivity contribution >= 4 is 23.2 Å². The monoisotopic (exact) mass is 281 g/mol. The highest BCUT2D eigenvalue weighted by atomic mass is 35.5. The van der Waals surface area contributed by atoms with E-state index in [1.54, 1.807) is 10.6 Å². The number of aromatic nitrogens is 4. The molecule has 0 radical (unpaired) electrons. The average Bonchev–Trinajstić information content (AvgIpc) is 2.86. The Bertz CT molecular complexity index is 525. The minimum atomic E-state index is 0.435. The number of hydrogen-bond donors (Lipinski definition) is 1. The van der Waals surface area contributed by atoms with Crippen molar-refractivity contribution < 1.29 is 0 Å². The third kappa shape index (κ3) is 3.56. The second kappa shape index (κ2) is 6.70. The summed E-state index contributed by atoms with van der Waals surface area (Å²) in [5, 5.41) is 7.99. The maximum Gasteiger partial charge on any atom is 0.255 e. The van der Waals surface area contributed by atoms with Crippen LogP contribution >= 0.6 is 11.6 Å². The van der Waals surface area contributed by atoms with Crippen molar-refractivity contribution in [1.82, 2.24) is 19.6 Å². The molecule has 0 aliphatic carbocycles. The van der Waals surface area contributed by atoms with Crippen LogP contribution in [0.3, 0.4) is 0 Å². The summed E-state index contributed by atoms with van der Waals surface area (Å²) >= 11 is 5.98. The molecule has 0 aromatic carbocycles. The van der Waals surface area contributed by atoms with Crippen molar-refractivity contribution in [2.45, 2.75) is 39.5 Å². The highest BCUT2D eigenvalue weighted by Gasteiger charge is 2.09. The molecule has 0 saturated carbocycles. The van der Waals surface area contributed by atoms with Gasteiger partial charge >= 0.3 is 0 Å². The summed E-state index contributed by atoms with van der Waals surface area (Å²) in [6.45, 7) is 5.38. The van der Waals surface area contributed by atoms with Crippen LogP contribution in [0.5, 0.6) is 0 Å². The Morgan fingerprint density at radius 3 is 3.00 bits per heavy atom. The number of nitrogens with zero attached hydrogens (tertiary/aromatic N) is 4. The SMILES string of the molecule is CCCCC(CC)CNc1cc(Cl)nc2ncnn12. The maximum absolute atomic E-state index is 5.98. The Labute approximate surface area is 118 Å². The number of nitrogens with one attached hydrogen (secondary N) is 1. The lowest BCUT2D eigenvalue weighted by atomic mass is 9.99. The third-order valence-electron chi connectivity index (χ3n) is 3.34. The fourth-order valence-corrected chi connectivity index (χ4v) is 2.28. The van der Waals surface area contributed by atoms with Crippen molar-refractivity contribution in [2.75, 3.05) is 11.9 Å². The molecule has 6 heteroatoms. The molecule has 0 bridgehead atoms. The molecule has 5 nitrogen and oxygen atoms in total. The van der Waals surface area contributed by atoms with Gasteiger partial charge in [0, 0.05) is 12.6 Å². The van der Waals surface area contributed by atoms with Crippen molar-refractivity contribution in [3.8, 4) is 0 Å². The van der Waals surface area contributed by atoms with E-state index >= 15 is 0 Å². The van der Waals surface area contributed by atoms with E-state index in [9.17, 15) is 0 Å². The van der Waals surface area contributed by atoms with Crippen LogP contribution in [0.25, 0.3) is 5.78 Å². The van der Waals surface area contributed by atoms with Gasteiger partial charge < -0.3 is 5.32 Å². The number of hydrogen-bond acceptors (Lipinski definition) is 4. The first-order valence-electron chi connectivity index (χ1n) is 6.84. The number of anilines is 1. The first-order chi connectivity index (χ1) is 9.24.